The van der Waals surface area contributed by atoms with E-state index in [-0.39, 0.29) is 12.4 Å². The minimum atomic E-state index is -0.451. The van der Waals surface area contributed by atoms with E-state index in [0.29, 0.717) is 22.3 Å². The molecule has 0 saturated heterocycles. The monoisotopic (exact) mass is 472 g/mol. The van der Waals surface area contributed by atoms with Crippen LogP contribution in [0.3, 0.4) is 0 Å². The molecule has 0 unspecified atom stereocenters. The summed E-state index contributed by atoms with van der Waals surface area (Å²) in [5.74, 6) is -0.625. The number of nitrogens with zero attached hydrogens (tertiary/aromatic N) is 2. The Balaban J connectivity index is 1.85. The summed E-state index contributed by atoms with van der Waals surface area (Å²) in [5.41, 5.74) is 3.58. The van der Waals surface area contributed by atoms with Gasteiger partial charge in [0.05, 0.1) is 34.4 Å². The molecule has 2 aromatic carbocycles. The highest BCUT2D eigenvalue weighted by Crippen LogP contribution is 2.30. The van der Waals surface area contributed by atoms with Crippen molar-refractivity contribution >= 4 is 55.0 Å². The third-order valence-electron chi connectivity index (χ3n) is 5.31. The Morgan fingerprint density at radius 3 is 2.55 bits per heavy atom. The Kier molecular flexibility index (Phi) is 4.79. The van der Waals surface area contributed by atoms with E-state index >= 15 is 0 Å². The summed E-state index contributed by atoms with van der Waals surface area (Å²) < 4.78 is 7.97. The average molecular weight is 473 g/mol. The minimum absolute atomic E-state index is 0.174. The van der Waals surface area contributed by atoms with Crippen molar-refractivity contribution in [2.45, 2.75) is 6.92 Å². The van der Waals surface area contributed by atoms with Crippen LogP contribution in [0, 0.1) is 0 Å². The highest BCUT2D eigenvalue weighted by atomic mass is 79.9. The largest absolute Gasteiger partial charge is 0.462 e. The topological polar surface area (TPSA) is 60.7 Å². The molecule has 0 saturated carbocycles. The molecule has 152 valence electrons. The number of pyridine rings is 2. The van der Waals surface area contributed by atoms with Crippen LogP contribution in [0.1, 0.15) is 33.3 Å². The SMILES string of the molecule is CCOC(=O)c1cc(C(=O)c2ccc(Br)cc2)n2c1ccc1c3ncccc3ccc12. The summed E-state index contributed by atoms with van der Waals surface area (Å²) in [6.45, 7) is 2.02. The van der Waals surface area contributed by atoms with Crippen LogP contribution in [-0.2, 0) is 4.74 Å². The number of carbonyl (C=O) groups excluding carboxylic acids is 2. The lowest BCUT2D eigenvalue weighted by Crippen LogP contribution is -2.06. The Morgan fingerprint density at radius 2 is 1.77 bits per heavy atom. The van der Waals surface area contributed by atoms with Crippen molar-refractivity contribution in [3.8, 4) is 0 Å². The van der Waals surface area contributed by atoms with Crippen LogP contribution in [0.4, 0.5) is 0 Å². The van der Waals surface area contributed by atoms with E-state index in [1.54, 1.807) is 31.3 Å². The molecular weight excluding hydrogens is 456 g/mol. The van der Waals surface area contributed by atoms with Crippen LogP contribution in [0.5, 0.6) is 0 Å². The molecule has 0 bridgehead atoms. The van der Waals surface area contributed by atoms with Gasteiger partial charge in [-0.3, -0.25) is 9.78 Å². The molecule has 3 aromatic heterocycles. The van der Waals surface area contributed by atoms with Crippen molar-refractivity contribution in [3.05, 3.63) is 94.2 Å². The number of esters is 1. The van der Waals surface area contributed by atoms with Gasteiger partial charge in [-0.05, 0) is 61.5 Å². The van der Waals surface area contributed by atoms with Crippen LogP contribution in [0.25, 0.3) is 27.3 Å². The van der Waals surface area contributed by atoms with E-state index in [1.165, 1.54) is 0 Å². The summed E-state index contributed by atoms with van der Waals surface area (Å²) in [6.07, 6.45) is 1.75. The number of hydrogen-bond donors (Lipinski definition) is 0. The number of rotatable bonds is 4. The van der Waals surface area contributed by atoms with Gasteiger partial charge in [0.25, 0.3) is 0 Å². The molecule has 0 aliphatic heterocycles. The van der Waals surface area contributed by atoms with E-state index in [0.717, 1.165) is 26.3 Å². The quantitative estimate of drug-likeness (QED) is 0.188. The predicted octanol–water partition coefficient (Wildman–Crippen LogP) is 5.81. The highest BCUT2D eigenvalue weighted by Gasteiger charge is 2.23. The Bertz CT molecular complexity index is 1490. The fourth-order valence-corrected chi connectivity index (χ4v) is 4.18. The van der Waals surface area contributed by atoms with Crippen LogP contribution in [-0.4, -0.2) is 27.7 Å². The van der Waals surface area contributed by atoms with Crippen LogP contribution >= 0.6 is 15.9 Å². The zero-order valence-electron chi connectivity index (χ0n) is 16.6. The smallest absolute Gasteiger partial charge is 0.340 e. The van der Waals surface area contributed by atoms with E-state index < -0.39 is 5.97 Å². The van der Waals surface area contributed by atoms with Crippen molar-refractivity contribution in [3.63, 3.8) is 0 Å². The first-order valence-corrected chi connectivity index (χ1v) is 10.7. The van der Waals surface area contributed by atoms with Gasteiger partial charge in [-0.15, -0.1) is 0 Å². The first-order chi connectivity index (χ1) is 15.1. The third kappa shape index (κ3) is 3.20. The van der Waals surface area contributed by atoms with Gasteiger partial charge < -0.3 is 9.14 Å². The molecule has 5 nitrogen and oxygen atoms in total. The van der Waals surface area contributed by atoms with Crippen molar-refractivity contribution < 1.29 is 14.3 Å². The summed E-state index contributed by atoms with van der Waals surface area (Å²) in [7, 11) is 0. The van der Waals surface area contributed by atoms with Gasteiger partial charge in [0, 0.05) is 27.0 Å². The summed E-state index contributed by atoms with van der Waals surface area (Å²) in [6, 6.07) is 20.4. The van der Waals surface area contributed by atoms with Gasteiger partial charge in [-0.25, -0.2) is 4.79 Å². The molecule has 3 heterocycles. The summed E-state index contributed by atoms with van der Waals surface area (Å²) in [4.78, 5) is 30.7. The number of hydrogen-bond acceptors (Lipinski definition) is 4. The minimum Gasteiger partial charge on any atom is -0.462 e. The van der Waals surface area contributed by atoms with E-state index in [2.05, 4.69) is 20.9 Å². The standard InChI is InChI=1S/C25H17BrN2O3/c1-2-31-25(30)19-14-22(24(29)16-5-8-17(26)9-6-16)28-20-11-7-15-4-3-13-27-23(15)18(20)10-12-21(19)28/h3-14H,2H2,1H3. The molecule has 0 radical (unpaired) electrons. The first-order valence-electron chi connectivity index (χ1n) is 9.88. The third-order valence-corrected chi connectivity index (χ3v) is 5.84. The number of halogens is 1. The van der Waals surface area contributed by atoms with Crippen molar-refractivity contribution in [2.75, 3.05) is 6.61 Å². The second kappa shape index (κ2) is 7.63. The fraction of sp³-hybridized carbons (Fsp3) is 0.0800. The van der Waals surface area contributed by atoms with Gasteiger partial charge in [0.15, 0.2) is 0 Å². The van der Waals surface area contributed by atoms with Gasteiger partial charge in [0.1, 0.15) is 0 Å². The zero-order chi connectivity index (χ0) is 21.5. The maximum Gasteiger partial charge on any atom is 0.340 e. The number of carbonyl (C=O) groups is 2. The maximum atomic E-state index is 13.5. The molecule has 0 N–H and O–H groups in total. The molecule has 0 aliphatic rings. The van der Waals surface area contributed by atoms with Crippen LogP contribution in [0.15, 0.2) is 77.4 Å². The summed E-state index contributed by atoms with van der Waals surface area (Å²) in [5, 5.41) is 1.91. The van der Waals surface area contributed by atoms with E-state index in [4.69, 9.17) is 4.74 Å². The molecular formula is C25H17BrN2O3. The number of ether oxygens (including phenoxy) is 1. The Hall–Kier alpha value is -3.51. The van der Waals surface area contributed by atoms with Crippen LogP contribution < -0.4 is 0 Å². The molecule has 5 rings (SSSR count). The maximum absolute atomic E-state index is 13.5. The Labute approximate surface area is 186 Å². The van der Waals surface area contributed by atoms with Gasteiger partial charge in [-0.1, -0.05) is 28.1 Å². The van der Waals surface area contributed by atoms with Crippen molar-refractivity contribution in [2.24, 2.45) is 0 Å². The van der Waals surface area contributed by atoms with Gasteiger partial charge >= 0.3 is 5.97 Å². The normalized spacial score (nSPS) is 11.3. The van der Waals surface area contributed by atoms with Crippen molar-refractivity contribution in [1.82, 2.24) is 9.38 Å². The molecule has 0 fully saturated rings. The van der Waals surface area contributed by atoms with Crippen LogP contribution in [0.2, 0.25) is 0 Å². The highest BCUT2D eigenvalue weighted by molar-refractivity contribution is 9.10. The first kappa shape index (κ1) is 19.5. The second-order valence-electron chi connectivity index (χ2n) is 7.13. The molecule has 5 aromatic rings. The molecule has 6 heteroatoms. The average Bonchev–Trinajstić information content (AvgIpc) is 3.19. The van der Waals surface area contributed by atoms with Gasteiger partial charge in [-0.2, -0.15) is 0 Å². The van der Waals surface area contributed by atoms with E-state index in [9.17, 15) is 9.59 Å². The summed E-state index contributed by atoms with van der Waals surface area (Å²) >= 11 is 3.40. The number of fused-ring (bicyclic) bond motifs is 5. The predicted molar refractivity (Wildman–Crippen MR) is 124 cm³/mol. The number of benzene rings is 2. The molecule has 0 atom stereocenters. The molecule has 0 amide bonds. The molecule has 0 spiro atoms. The molecule has 31 heavy (non-hydrogen) atoms. The van der Waals surface area contributed by atoms with Crippen molar-refractivity contribution in [1.29, 1.82) is 0 Å². The Morgan fingerprint density at radius 1 is 1.00 bits per heavy atom. The number of ketones is 1. The fourth-order valence-electron chi connectivity index (χ4n) is 3.92. The van der Waals surface area contributed by atoms with E-state index in [1.807, 2.05) is 52.9 Å². The lowest BCUT2D eigenvalue weighted by Gasteiger charge is -2.10. The van der Waals surface area contributed by atoms with Gasteiger partial charge in [0.2, 0.25) is 5.78 Å². The zero-order valence-corrected chi connectivity index (χ0v) is 18.2. The molecule has 0 aliphatic carbocycles. The second-order valence-corrected chi connectivity index (χ2v) is 8.04. The lowest BCUT2D eigenvalue weighted by atomic mass is 10.1. The lowest BCUT2D eigenvalue weighted by molar-refractivity contribution is 0.0529. The number of aromatic nitrogens is 2.